The molecule has 4 aromatic rings. The van der Waals surface area contributed by atoms with Crippen LogP contribution in [0.15, 0.2) is 95.5 Å². The molecule has 6 heteroatoms. The van der Waals surface area contributed by atoms with E-state index < -0.39 is 0 Å². The minimum atomic E-state index is -0.324. The van der Waals surface area contributed by atoms with Gasteiger partial charge in [-0.3, -0.25) is 9.59 Å². The minimum Gasteiger partial charge on any atom is -0.359 e. The van der Waals surface area contributed by atoms with Crippen LogP contribution in [0.5, 0.6) is 0 Å². The van der Waals surface area contributed by atoms with Crippen molar-refractivity contribution in [3.63, 3.8) is 0 Å². The quantitative estimate of drug-likeness (QED) is 0.430. The maximum atomic E-state index is 13.2. The summed E-state index contributed by atoms with van der Waals surface area (Å²) in [6, 6.07) is 28.4. The van der Waals surface area contributed by atoms with E-state index in [0.717, 1.165) is 16.7 Å². The first-order valence-electron chi connectivity index (χ1n) is 10.8. The molecule has 0 saturated carbocycles. The van der Waals surface area contributed by atoms with Crippen LogP contribution >= 0.6 is 0 Å². The number of aryl methyl sites for hydroxylation is 1. The number of carbonyl (C=O) groups is 2. The second kappa shape index (κ2) is 10.4. The highest BCUT2D eigenvalue weighted by Gasteiger charge is 2.20. The van der Waals surface area contributed by atoms with E-state index in [-0.39, 0.29) is 24.1 Å². The molecular formula is C27H25N3O3. The Kier molecular flexibility index (Phi) is 6.95. The zero-order valence-electron chi connectivity index (χ0n) is 18.4. The van der Waals surface area contributed by atoms with Gasteiger partial charge in [0, 0.05) is 24.7 Å². The van der Waals surface area contributed by atoms with Gasteiger partial charge < -0.3 is 14.7 Å². The van der Waals surface area contributed by atoms with Crippen molar-refractivity contribution in [3.8, 4) is 0 Å². The van der Waals surface area contributed by atoms with Crippen molar-refractivity contribution in [2.45, 2.75) is 26.6 Å². The first-order chi connectivity index (χ1) is 16.1. The largest absolute Gasteiger partial charge is 0.359 e. The van der Waals surface area contributed by atoms with E-state index in [1.807, 2.05) is 79.7 Å². The molecule has 2 amide bonds. The number of rotatable bonds is 8. The maximum Gasteiger partial charge on any atom is 0.273 e. The summed E-state index contributed by atoms with van der Waals surface area (Å²) in [6.45, 7) is 3.02. The number of hydrogen-bond donors (Lipinski definition) is 1. The molecule has 166 valence electrons. The molecule has 1 aromatic heterocycles. The molecule has 0 aliphatic rings. The number of nitrogens with one attached hydrogen (secondary N) is 1. The lowest BCUT2D eigenvalue weighted by atomic mass is 10.1. The number of amides is 2. The molecule has 0 unspecified atom stereocenters. The fourth-order valence-electron chi connectivity index (χ4n) is 3.43. The van der Waals surface area contributed by atoms with Crippen molar-refractivity contribution >= 4 is 11.8 Å². The number of nitrogens with zero attached hydrogens (tertiary/aromatic N) is 2. The lowest BCUT2D eigenvalue weighted by Gasteiger charge is -2.21. The summed E-state index contributed by atoms with van der Waals surface area (Å²) in [5, 5.41) is 6.76. The first kappa shape index (κ1) is 22.0. The highest BCUT2D eigenvalue weighted by molar-refractivity contribution is 5.94. The van der Waals surface area contributed by atoms with Gasteiger partial charge in [0.2, 0.25) is 0 Å². The average Bonchev–Trinajstić information content (AvgIpc) is 3.32. The van der Waals surface area contributed by atoms with Gasteiger partial charge in [-0.1, -0.05) is 83.5 Å². The molecule has 0 aliphatic heterocycles. The van der Waals surface area contributed by atoms with Crippen molar-refractivity contribution in [2.75, 3.05) is 0 Å². The Bertz CT molecular complexity index is 1200. The Balaban J connectivity index is 1.45. The SMILES string of the molecule is Cc1ccc(CNC(=O)c2cc(CN(Cc3ccccc3)C(=O)c3ccccc3)on2)cc1. The Labute approximate surface area is 192 Å². The third-order valence-corrected chi connectivity index (χ3v) is 5.24. The van der Waals surface area contributed by atoms with Gasteiger partial charge >= 0.3 is 0 Å². The second-order valence-electron chi connectivity index (χ2n) is 7.86. The lowest BCUT2D eigenvalue weighted by Crippen LogP contribution is -2.30. The standard InChI is InChI=1S/C27H25N3O3/c1-20-12-14-21(15-13-20)17-28-26(31)25-16-24(33-29-25)19-30(18-22-8-4-2-5-9-22)27(32)23-10-6-3-7-11-23/h2-16H,17-19H2,1H3,(H,28,31). The van der Waals surface area contributed by atoms with Crippen LogP contribution in [0, 0.1) is 6.92 Å². The Morgan fingerprint density at radius 3 is 2.21 bits per heavy atom. The Morgan fingerprint density at radius 2 is 1.52 bits per heavy atom. The van der Waals surface area contributed by atoms with Crippen LogP contribution in [-0.4, -0.2) is 21.9 Å². The molecule has 0 aliphatic carbocycles. The molecule has 4 rings (SSSR count). The predicted octanol–water partition coefficient (Wildman–Crippen LogP) is 4.76. The molecule has 33 heavy (non-hydrogen) atoms. The van der Waals surface area contributed by atoms with Gasteiger partial charge in [0.15, 0.2) is 11.5 Å². The van der Waals surface area contributed by atoms with Crippen LogP contribution in [0.25, 0.3) is 0 Å². The monoisotopic (exact) mass is 439 g/mol. The zero-order valence-corrected chi connectivity index (χ0v) is 18.4. The van der Waals surface area contributed by atoms with Crippen molar-refractivity contribution in [3.05, 3.63) is 125 Å². The Morgan fingerprint density at radius 1 is 0.848 bits per heavy atom. The van der Waals surface area contributed by atoms with Gasteiger partial charge in [0.25, 0.3) is 11.8 Å². The van der Waals surface area contributed by atoms with Crippen LogP contribution in [0.3, 0.4) is 0 Å². The molecular weight excluding hydrogens is 414 g/mol. The molecule has 0 radical (unpaired) electrons. The fraction of sp³-hybridized carbons (Fsp3) is 0.148. The van der Waals surface area contributed by atoms with Gasteiger partial charge in [0.05, 0.1) is 6.54 Å². The lowest BCUT2D eigenvalue weighted by molar-refractivity contribution is 0.0713. The van der Waals surface area contributed by atoms with Gasteiger partial charge in [-0.2, -0.15) is 0 Å². The van der Waals surface area contributed by atoms with E-state index in [1.165, 1.54) is 0 Å². The molecule has 1 heterocycles. The highest BCUT2D eigenvalue weighted by Crippen LogP contribution is 2.15. The predicted molar refractivity (Wildman–Crippen MR) is 125 cm³/mol. The van der Waals surface area contributed by atoms with E-state index in [2.05, 4.69) is 10.5 Å². The van der Waals surface area contributed by atoms with Crippen LogP contribution in [0.4, 0.5) is 0 Å². The second-order valence-corrected chi connectivity index (χ2v) is 7.86. The topological polar surface area (TPSA) is 75.4 Å². The number of hydrogen-bond acceptors (Lipinski definition) is 4. The molecule has 0 atom stereocenters. The average molecular weight is 440 g/mol. The number of carbonyl (C=O) groups excluding carboxylic acids is 2. The minimum absolute atomic E-state index is 0.124. The van der Waals surface area contributed by atoms with Gasteiger partial charge in [0.1, 0.15) is 0 Å². The van der Waals surface area contributed by atoms with Crippen molar-refractivity contribution in [1.82, 2.24) is 15.4 Å². The van der Waals surface area contributed by atoms with Gasteiger partial charge in [-0.25, -0.2) is 0 Å². The molecule has 0 bridgehead atoms. The van der Waals surface area contributed by atoms with Crippen LogP contribution in [-0.2, 0) is 19.6 Å². The summed E-state index contributed by atoms with van der Waals surface area (Å²) in [5.74, 6) is -0.00788. The van der Waals surface area contributed by atoms with Crippen LogP contribution < -0.4 is 5.32 Å². The summed E-state index contributed by atoms with van der Waals surface area (Å²) >= 11 is 0. The molecule has 0 fully saturated rings. The van der Waals surface area contributed by atoms with E-state index >= 15 is 0 Å². The summed E-state index contributed by atoms with van der Waals surface area (Å²) in [4.78, 5) is 27.4. The zero-order chi connectivity index (χ0) is 23.0. The Hall–Kier alpha value is -4.19. The maximum absolute atomic E-state index is 13.2. The third-order valence-electron chi connectivity index (χ3n) is 5.24. The summed E-state index contributed by atoms with van der Waals surface area (Å²) in [5.41, 5.74) is 3.93. The molecule has 0 saturated heterocycles. The van der Waals surface area contributed by atoms with E-state index in [0.29, 0.717) is 24.4 Å². The normalized spacial score (nSPS) is 10.6. The number of aromatic nitrogens is 1. The van der Waals surface area contributed by atoms with Crippen molar-refractivity contribution in [1.29, 1.82) is 0 Å². The van der Waals surface area contributed by atoms with Crippen LogP contribution in [0.2, 0.25) is 0 Å². The van der Waals surface area contributed by atoms with E-state index in [4.69, 9.17) is 4.52 Å². The van der Waals surface area contributed by atoms with Crippen molar-refractivity contribution < 1.29 is 14.1 Å². The summed E-state index contributed by atoms with van der Waals surface area (Å²) in [6.07, 6.45) is 0. The summed E-state index contributed by atoms with van der Waals surface area (Å²) in [7, 11) is 0. The molecule has 1 N–H and O–H groups in total. The van der Waals surface area contributed by atoms with E-state index in [1.54, 1.807) is 23.1 Å². The molecule has 6 nitrogen and oxygen atoms in total. The smallest absolute Gasteiger partial charge is 0.273 e. The first-order valence-corrected chi connectivity index (χ1v) is 10.8. The molecule has 0 spiro atoms. The van der Waals surface area contributed by atoms with Gasteiger partial charge in [-0.05, 0) is 30.2 Å². The fourth-order valence-corrected chi connectivity index (χ4v) is 3.43. The van der Waals surface area contributed by atoms with E-state index in [9.17, 15) is 9.59 Å². The number of benzene rings is 3. The summed E-state index contributed by atoms with van der Waals surface area (Å²) < 4.78 is 5.40. The van der Waals surface area contributed by atoms with Crippen LogP contribution in [0.1, 0.15) is 43.3 Å². The molecule has 3 aromatic carbocycles. The highest BCUT2D eigenvalue weighted by atomic mass is 16.5. The van der Waals surface area contributed by atoms with Crippen molar-refractivity contribution in [2.24, 2.45) is 0 Å². The van der Waals surface area contributed by atoms with Gasteiger partial charge in [-0.15, -0.1) is 0 Å². The third kappa shape index (κ3) is 5.95.